The fraction of sp³-hybridized carbons (Fsp3) is 0.636. The van der Waals surface area contributed by atoms with Crippen molar-refractivity contribution < 1.29 is 14.2 Å². The van der Waals surface area contributed by atoms with Gasteiger partial charge in [-0.05, 0) is 37.9 Å². The summed E-state index contributed by atoms with van der Waals surface area (Å²) in [6.07, 6.45) is 4.34. The Labute approximate surface area is 177 Å². The Balaban J connectivity index is 1.40. The number of hydrogen-bond donors (Lipinski definition) is 0. The second-order valence-corrected chi connectivity index (χ2v) is 8.47. The van der Waals surface area contributed by atoms with Gasteiger partial charge in [-0.3, -0.25) is 4.90 Å². The molecule has 1 aromatic heterocycles. The number of aromatic nitrogens is 2. The normalized spacial score (nSPS) is 26.8. The van der Waals surface area contributed by atoms with Gasteiger partial charge in [0.05, 0.1) is 26.7 Å². The van der Waals surface area contributed by atoms with Crippen LogP contribution in [0.2, 0.25) is 0 Å². The van der Waals surface area contributed by atoms with Gasteiger partial charge in [0, 0.05) is 38.8 Å². The molecule has 0 aliphatic carbocycles. The molecule has 1 atom stereocenters. The molecule has 1 unspecified atom stereocenters. The SMILES string of the molecule is COc1cc2c(N3CCN(C4CN5CCC4CC5)CC3)ncnc2c(OC)c1OC. The molecule has 0 saturated carbocycles. The highest BCUT2D eigenvalue weighted by Gasteiger charge is 2.38. The van der Waals surface area contributed by atoms with E-state index in [2.05, 4.69) is 24.7 Å². The van der Waals surface area contributed by atoms with Gasteiger partial charge in [-0.1, -0.05) is 0 Å². The van der Waals surface area contributed by atoms with Gasteiger partial charge in [-0.25, -0.2) is 9.97 Å². The van der Waals surface area contributed by atoms with Crippen LogP contribution in [0.1, 0.15) is 12.8 Å². The summed E-state index contributed by atoms with van der Waals surface area (Å²) in [5.74, 6) is 3.59. The van der Waals surface area contributed by atoms with Crippen LogP contribution in [0.3, 0.4) is 0 Å². The number of benzene rings is 1. The first-order valence-corrected chi connectivity index (χ1v) is 10.9. The Bertz CT molecular complexity index is 907. The first-order valence-electron chi connectivity index (χ1n) is 10.9. The molecule has 6 rings (SSSR count). The second kappa shape index (κ2) is 8.07. The maximum atomic E-state index is 5.63. The van der Waals surface area contributed by atoms with Crippen LogP contribution in [0.4, 0.5) is 5.82 Å². The Hall–Kier alpha value is -2.32. The van der Waals surface area contributed by atoms with Crippen molar-refractivity contribution >= 4 is 16.7 Å². The fourth-order valence-electron chi connectivity index (χ4n) is 5.52. The predicted octanol–water partition coefficient (Wildman–Crippen LogP) is 1.87. The van der Waals surface area contributed by atoms with Crippen LogP contribution in [0.25, 0.3) is 10.9 Å². The quantitative estimate of drug-likeness (QED) is 0.736. The number of fused-ring (bicyclic) bond motifs is 4. The topological polar surface area (TPSA) is 63.2 Å². The summed E-state index contributed by atoms with van der Waals surface area (Å²) in [7, 11) is 4.88. The third kappa shape index (κ3) is 3.22. The van der Waals surface area contributed by atoms with Crippen LogP contribution in [0.5, 0.6) is 17.2 Å². The van der Waals surface area contributed by atoms with E-state index in [0.29, 0.717) is 17.2 Å². The molecule has 2 aromatic rings. The predicted molar refractivity (Wildman–Crippen MR) is 116 cm³/mol. The van der Waals surface area contributed by atoms with Crippen molar-refractivity contribution in [1.29, 1.82) is 0 Å². The number of hydrogen-bond acceptors (Lipinski definition) is 8. The smallest absolute Gasteiger partial charge is 0.205 e. The first-order chi connectivity index (χ1) is 14.7. The average molecular weight is 414 g/mol. The summed E-state index contributed by atoms with van der Waals surface area (Å²) in [4.78, 5) is 16.9. The lowest BCUT2D eigenvalue weighted by molar-refractivity contribution is 0.00308. The maximum absolute atomic E-state index is 5.63. The fourth-order valence-corrected chi connectivity index (χ4v) is 5.52. The largest absolute Gasteiger partial charge is 0.493 e. The molecule has 0 radical (unpaired) electrons. The van der Waals surface area contributed by atoms with Gasteiger partial charge < -0.3 is 24.0 Å². The van der Waals surface area contributed by atoms with Crippen LogP contribution in [0, 0.1) is 5.92 Å². The van der Waals surface area contributed by atoms with Gasteiger partial charge in [-0.2, -0.15) is 0 Å². The molecular formula is C22H31N5O3. The Morgan fingerprint density at radius 1 is 0.867 bits per heavy atom. The maximum Gasteiger partial charge on any atom is 0.205 e. The molecule has 4 aliphatic heterocycles. The zero-order valence-electron chi connectivity index (χ0n) is 18.1. The van der Waals surface area contributed by atoms with Gasteiger partial charge in [0.15, 0.2) is 11.5 Å². The van der Waals surface area contributed by atoms with Crippen LogP contribution in [-0.4, -0.2) is 93.0 Å². The molecule has 2 bridgehead atoms. The molecule has 5 heterocycles. The van der Waals surface area contributed by atoms with Crippen LogP contribution in [0.15, 0.2) is 12.4 Å². The number of piperidine rings is 3. The van der Waals surface area contributed by atoms with E-state index in [0.717, 1.165) is 54.9 Å². The van der Waals surface area contributed by atoms with Gasteiger partial charge in [-0.15, -0.1) is 0 Å². The first kappa shape index (κ1) is 19.6. The summed E-state index contributed by atoms with van der Waals surface area (Å²) >= 11 is 0. The highest BCUT2D eigenvalue weighted by Crippen LogP contribution is 2.44. The summed E-state index contributed by atoms with van der Waals surface area (Å²) in [6, 6.07) is 2.69. The van der Waals surface area contributed by atoms with Gasteiger partial charge in [0.2, 0.25) is 5.75 Å². The number of piperazine rings is 1. The Morgan fingerprint density at radius 2 is 1.60 bits per heavy atom. The molecule has 4 fully saturated rings. The van der Waals surface area contributed by atoms with E-state index in [-0.39, 0.29) is 0 Å². The number of rotatable bonds is 5. The summed E-state index contributed by atoms with van der Waals surface area (Å²) in [6.45, 7) is 7.91. The van der Waals surface area contributed by atoms with Crippen LogP contribution < -0.4 is 19.1 Å². The monoisotopic (exact) mass is 413 g/mol. The number of methoxy groups -OCH3 is 3. The van der Waals surface area contributed by atoms with E-state index in [1.807, 2.05) is 6.07 Å². The van der Waals surface area contributed by atoms with Crippen molar-refractivity contribution in [3.63, 3.8) is 0 Å². The minimum Gasteiger partial charge on any atom is -0.493 e. The zero-order chi connectivity index (χ0) is 20.7. The lowest BCUT2D eigenvalue weighted by Gasteiger charge is -2.51. The molecule has 0 N–H and O–H groups in total. The van der Waals surface area contributed by atoms with Crippen molar-refractivity contribution in [3.05, 3.63) is 12.4 Å². The van der Waals surface area contributed by atoms with Gasteiger partial charge in [0.1, 0.15) is 17.7 Å². The molecule has 0 amide bonds. The van der Waals surface area contributed by atoms with Crippen molar-refractivity contribution in [2.75, 3.05) is 72.0 Å². The Morgan fingerprint density at radius 3 is 2.20 bits per heavy atom. The summed E-state index contributed by atoms with van der Waals surface area (Å²) in [5, 5.41) is 0.934. The summed E-state index contributed by atoms with van der Waals surface area (Å²) in [5.41, 5.74) is 0.750. The van der Waals surface area contributed by atoms with Crippen molar-refractivity contribution in [2.45, 2.75) is 18.9 Å². The third-order valence-electron chi connectivity index (χ3n) is 7.12. The third-order valence-corrected chi connectivity index (χ3v) is 7.12. The van der Waals surface area contributed by atoms with Crippen LogP contribution >= 0.6 is 0 Å². The molecule has 162 valence electrons. The Kier molecular flexibility index (Phi) is 5.28. The average Bonchev–Trinajstić information content (AvgIpc) is 2.83. The van der Waals surface area contributed by atoms with Crippen molar-refractivity contribution in [1.82, 2.24) is 19.8 Å². The standard InChI is InChI=1S/C22H31N5O3/c1-28-18-12-16-19(21(30-3)20(18)29-2)23-14-24-22(16)27-10-8-26(9-11-27)17-13-25-6-4-15(17)5-7-25/h12,14-15,17H,4-11,13H2,1-3H3. The molecule has 1 aromatic carbocycles. The van der Waals surface area contributed by atoms with Crippen molar-refractivity contribution in [3.8, 4) is 17.2 Å². The molecule has 30 heavy (non-hydrogen) atoms. The molecule has 8 heteroatoms. The molecular weight excluding hydrogens is 382 g/mol. The van der Waals surface area contributed by atoms with E-state index >= 15 is 0 Å². The van der Waals surface area contributed by atoms with E-state index in [4.69, 9.17) is 14.2 Å². The van der Waals surface area contributed by atoms with E-state index in [1.54, 1.807) is 27.7 Å². The summed E-state index contributed by atoms with van der Waals surface area (Å²) < 4.78 is 16.7. The molecule has 4 aliphatic rings. The minimum absolute atomic E-state index is 0.560. The van der Waals surface area contributed by atoms with Gasteiger partial charge in [0.25, 0.3) is 0 Å². The highest BCUT2D eigenvalue weighted by atomic mass is 16.5. The second-order valence-electron chi connectivity index (χ2n) is 8.47. The molecule has 4 saturated heterocycles. The lowest BCUT2D eigenvalue weighted by Crippen LogP contribution is -2.61. The zero-order valence-corrected chi connectivity index (χ0v) is 18.1. The number of ether oxygens (including phenoxy) is 3. The van der Waals surface area contributed by atoms with Gasteiger partial charge >= 0.3 is 0 Å². The van der Waals surface area contributed by atoms with Crippen molar-refractivity contribution in [2.24, 2.45) is 5.92 Å². The van der Waals surface area contributed by atoms with E-state index in [1.165, 1.54) is 32.5 Å². The van der Waals surface area contributed by atoms with Crippen LogP contribution in [-0.2, 0) is 0 Å². The lowest BCUT2D eigenvalue weighted by atomic mass is 9.83. The molecule has 8 nitrogen and oxygen atoms in total. The minimum atomic E-state index is 0.560. The van der Waals surface area contributed by atoms with E-state index in [9.17, 15) is 0 Å². The highest BCUT2D eigenvalue weighted by molar-refractivity contribution is 5.97. The molecule has 0 spiro atoms. The van der Waals surface area contributed by atoms with E-state index < -0.39 is 0 Å². The number of anilines is 1. The number of nitrogens with zero attached hydrogens (tertiary/aromatic N) is 5.